The summed E-state index contributed by atoms with van der Waals surface area (Å²) in [7, 11) is 0. The molecule has 1 aliphatic rings. The number of aromatic nitrogens is 2. The van der Waals surface area contributed by atoms with Gasteiger partial charge in [0.05, 0.1) is 11.7 Å². The van der Waals surface area contributed by atoms with E-state index >= 15 is 0 Å². The number of hydrogen-bond acceptors (Lipinski definition) is 3. The van der Waals surface area contributed by atoms with Crippen LogP contribution in [0.15, 0.2) is 67.0 Å². The Labute approximate surface area is 155 Å². The van der Waals surface area contributed by atoms with Gasteiger partial charge in [0.1, 0.15) is 0 Å². The van der Waals surface area contributed by atoms with Crippen LogP contribution in [0.2, 0.25) is 0 Å². The van der Waals surface area contributed by atoms with Crippen molar-refractivity contribution in [3.05, 3.63) is 95.1 Å². The molecule has 3 heterocycles. The Morgan fingerprint density at radius 2 is 1.88 bits per heavy atom. The number of hydrogen-bond donors (Lipinski definition) is 0. The molecule has 0 spiro atoms. The summed E-state index contributed by atoms with van der Waals surface area (Å²) in [5.41, 5.74) is 6.25. The number of rotatable bonds is 5. The summed E-state index contributed by atoms with van der Waals surface area (Å²) in [6.45, 7) is 4.20. The molecule has 1 aliphatic heterocycles. The molecule has 132 valence electrons. The van der Waals surface area contributed by atoms with Crippen molar-refractivity contribution in [2.75, 3.05) is 6.54 Å². The Balaban J connectivity index is 1.50. The monoisotopic (exact) mass is 343 g/mol. The maximum atomic E-state index is 5.01. The van der Waals surface area contributed by atoms with Crippen LogP contribution < -0.4 is 0 Å². The minimum Gasteiger partial charge on any atom is -0.290 e. The SMILES string of the molecule is Cc1ccc(Cc2cccc([C@@H]3CCCN3Cc3cccnc3)n2)cc1. The molecule has 0 aliphatic carbocycles. The maximum Gasteiger partial charge on any atom is 0.0578 e. The smallest absolute Gasteiger partial charge is 0.0578 e. The molecule has 1 aromatic carbocycles. The van der Waals surface area contributed by atoms with Crippen molar-refractivity contribution < 1.29 is 0 Å². The maximum absolute atomic E-state index is 5.01. The summed E-state index contributed by atoms with van der Waals surface area (Å²) >= 11 is 0. The van der Waals surface area contributed by atoms with Gasteiger partial charge in [-0.15, -0.1) is 0 Å². The first-order chi connectivity index (χ1) is 12.8. The summed E-state index contributed by atoms with van der Waals surface area (Å²) in [4.78, 5) is 11.8. The van der Waals surface area contributed by atoms with Gasteiger partial charge in [-0.3, -0.25) is 14.9 Å². The van der Waals surface area contributed by atoms with Gasteiger partial charge in [0, 0.05) is 31.1 Å². The van der Waals surface area contributed by atoms with Crippen LogP contribution >= 0.6 is 0 Å². The van der Waals surface area contributed by atoms with E-state index in [9.17, 15) is 0 Å². The highest BCUT2D eigenvalue weighted by molar-refractivity contribution is 5.26. The molecule has 26 heavy (non-hydrogen) atoms. The third kappa shape index (κ3) is 4.00. The average molecular weight is 343 g/mol. The fraction of sp³-hybridized carbons (Fsp3) is 0.304. The second kappa shape index (κ2) is 7.79. The van der Waals surface area contributed by atoms with Crippen LogP contribution in [0, 0.1) is 6.92 Å². The quantitative estimate of drug-likeness (QED) is 0.671. The molecule has 3 aromatic rings. The summed E-state index contributed by atoms with van der Waals surface area (Å²) in [5.74, 6) is 0. The van der Waals surface area contributed by atoms with E-state index in [2.05, 4.69) is 65.3 Å². The Hall–Kier alpha value is -2.52. The second-order valence-electron chi connectivity index (χ2n) is 7.21. The highest BCUT2D eigenvalue weighted by Gasteiger charge is 2.27. The number of aryl methyl sites for hydroxylation is 1. The van der Waals surface area contributed by atoms with Crippen molar-refractivity contribution in [3.63, 3.8) is 0 Å². The minimum atomic E-state index is 0.410. The molecule has 0 radical (unpaired) electrons. The van der Waals surface area contributed by atoms with Crippen molar-refractivity contribution in [2.45, 2.75) is 38.8 Å². The van der Waals surface area contributed by atoms with Gasteiger partial charge < -0.3 is 0 Å². The standard InChI is InChI=1S/C23H25N3/c1-18-9-11-19(12-10-18)15-21-6-2-7-22(25-21)23-8-4-14-26(23)17-20-5-3-13-24-16-20/h2-3,5-7,9-13,16,23H,4,8,14-15,17H2,1H3/t23-/m0/s1. The predicted octanol–water partition coefficient (Wildman–Crippen LogP) is 4.71. The van der Waals surface area contributed by atoms with Crippen LogP contribution in [-0.2, 0) is 13.0 Å². The largest absolute Gasteiger partial charge is 0.290 e. The third-order valence-electron chi connectivity index (χ3n) is 5.15. The minimum absolute atomic E-state index is 0.410. The van der Waals surface area contributed by atoms with Crippen LogP contribution in [0.5, 0.6) is 0 Å². The second-order valence-corrected chi connectivity index (χ2v) is 7.21. The van der Waals surface area contributed by atoms with Gasteiger partial charge in [-0.05, 0) is 55.6 Å². The van der Waals surface area contributed by atoms with Crippen molar-refractivity contribution in [1.82, 2.24) is 14.9 Å². The molecule has 4 rings (SSSR count). The van der Waals surface area contributed by atoms with Gasteiger partial charge in [0.15, 0.2) is 0 Å². The van der Waals surface area contributed by atoms with E-state index in [0.29, 0.717) is 6.04 Å². The molecule has 1 fully saturated rings. The zero-order valence-electron chi connectivity index (χ0n) is 15.3. The topological polar surface area (TPSA) is 29.0 Å². The Kier molecular flexibility index (Phi) is 5.07. The van der Waals surface area contributed by atoms with Gasteiger partial charge in [-0.2, -0.15) is 0 Å². The average Bonchev–Trinajstić information content (AvgIpc) is 3.13. The first kappa shape index (κ1) is 16.9. The van der Waals surface area contributed by atoms with E-state index in [0.717, 1.165) is 25.2 Å². The lowest BCUT2D eigenvalue weighted by molar-refractivity contribution is 0.244. The van der Waals surface area contributed by atoms with E-state index in [1.165, 1.54) is 35.2 Å². The summed E-state index contributed by atoms with van der Waals surface area (Å²) in [6, 6.07) is 19.8. The molecular formula is C23H25N3. The highest BCUT2D eigenvalue weighted by atomic mass is 15.2. The zero-order valence-corrected chi connectivity index (χ0v) is 15.3. The van der Waals surface area contributed by atoms with Gasteiger partial charge in [-0.25, -0.2) is 0 Å². The van der Waals surface area contributed by atoms with E-state index in [-0.39, 0.29) is 0 Å². The molecule has 3 nitrogen and oxygen atoms in total. The zero-order chi connectivity index (χ0) is 17.8. The van der Waals surface area contributed by atoms with E-state index in [1.54, 1.807) is 0 Å². The Bertz CT molecular complexity index is 843. The van der Waals surface area contributed by atoms with Gasteiger partial charge >= 0.3 is 0 Å². The van der Waals surface area contributed by atoms with Gasteiger partial charge in [-0.1, -0.05) is 42.0 Å². The number of likely N-dealkylation sites (tertiary alicyclic amines) is 1. The fourth-order valence-corrected chi connectivity index (χ4v) is 3.77. The van der Waals surface area contributed by atoms with Crippen molar-refractivity contribution in [1.29, 1.82) is 0 Å². The van der Waals surface area contributed by atoms with Crippen LogP contribution in [0.4, 0.5) is 0 Å². The summed E-state index contributed by atoms with van der Waals surface area (Å²) in [6.07, 6.45) is 7.11. The van der Waals surface area contributed by atoms with Crippen LogP contribution in [0.25, 0.3) is 0 Å². The number of pyridine rings is 2. The first-order valence-corrected chi connectivity index (χ1v) is 9.42. The van der Waals surface area contributed by atoms with E-state index in [4.69, 9.17) is 4.98 Å². The molecular weight excluding hydrogens is 318 g/mol. The lowest BCUT2D eigenvalue weighted by Crippen LogP contribution is -2.23. The highest BCUT2D eigenvalue weighted by Crippen LogP contribution is 2.32. The molecule has 1 saturated heterocycles. The molecule has 2 aromatic heterocycles. The fourth-order valence-electron chi connectivity index (χ4n) is 3.77. The summed E-state index contributed by atoms with van der Waals surface area (Å²) in [5, 5.41) is 0. The molecule has 0 unspecified atom stereocenters. The number of nitrogens with zero attached hydrogens (tertiary/aromatic N) is 3. The van der Waals surface area contributed by atoms with Crippen molar-refractivity contribution >= 4 is 0 Å². The van der Waals surface area contributed by atoms with Crippen LogP contribution in [-0.4, -0.2) is 21.4 Å². The molecule has 0 amide bonds. The molecule has 1 atom stereocenters. The Morgan fingerprint density at radius 1 is 1.00 bits per heavy atom. The van der Waals surface area contributed by atoms with Crippen molar-refractivity contribution in [2.24, 2.45) is 0 Å². The van der Waals surface area contributed by atoms with E-state index < -0.39 is 0 Å². The normalized spacial score (nSPS) is 17.5. The molecule has 3 heteroatoms. The van der Waals surface area contributed by atoms with E-state index in [1.807, 2.05) is 18.5 Å². The Morgan fingerprint density at radius 3 is 2.69 bits per heavy atom. The third-order valence-corrected chi connectivity index (χ3v) is 5.15. The molecule has 0 N–H and O–H groups in total. The summed E-state index contributed by atoms with van der Waals surface area (Å²) < 4.78 is 0. The lowest BCUT2D eigenvalue weighted by Gasteiger charge is -2.24. The predicted molar refractivity (Wildman–Crippen MR) is 105 cm³/mol. The van der Waals surface area contributed by atoms with Crippen LogP contribution in [0.1, 0.15) is 47.0 Å². The number of benzene rings is 1. The lowest BCUT2D eigenvalue weighted by atomic mass is 10.1. The van der Waals surface area contributed by atoms with Crippen LogP contribution in [0.3, 0.4) is 0 Å². The van der Waals surface area contributed by atoms with Gasteiger partial charge in [0.25, 0.3) is 0 Å². The molecule has 0 bridgehead atoms. The van der Waals surface area contributed by atoms with Crippen molar-refractivity contribution in [3.8, 4) is 0 Å². The van der Waals surface area contributed by atoms with Gasteiger partial charge in [0.2, 0.25) is 0 Å². The first-order valence-electron chi connectivity index (χ1n) is 9.42. The molecule has 0 saturated carbocycles.